The summed E-state index contributed by atoms with van der Waals surface area (Å²) >= 11 is 1.60. The number of thioether (sulfide) groups is 1. The monoisotopic (exact) mass is 364 g/mol. The van der Waals surface area contributed by atoms with Gasteiger partial charge in [0.2, 0.25) is 5.91 Å². The molecule has 1 amide bonds. The molecule has 2 N–H and O–H groups in total. The van der Waals surface area contributed by atoms with Crippen LogP contribution in [0, 0.1) is 5.41 Å². The van der Waals surface area contributed by atoms with Gasteiger partial charge < -0.3 is 10.6 Å². The van der Waals surface area contributed by atoms with E-state index < -0.39 is 5.41 Å². The highest BCUT2D eigenvalue weighted by Gasteiger charge is 2.20. The van der Waals surface area contributed by atoms with Crippen molar-refractivity contribution in [3.63, 3.8) is 0 Å². The largest absolute Gasteiger partial charge is 0.367 e. The maximum atomic E-state index is 12.0. The van der Waals surface area contributed by atoms with Gasteiger partial charge in [0.15, 0.2) is 10.8 Å². The summed E-state index contributed by atoms with van der Waals surface area (Å²) in [5, 5.41) is 12.4. The van der Waals surface area contributed by atoms with Crippen molar-refractivity contribution in [1.29, 1.82) is 0 Å². The summed E-state index contributed by atoms with van der Waals surface area (Å²) in [5.41, 5.74) is 0.396. The molecule has 0 bridgehead atoms. The average Bonchev–Trinajstić information content (AvgIpc) is 2.89. The van der Waals surface area contributed by atoms with Gasteiger partial charge in [-0.25, -0.2) is 14.6 Å². The van der Waals surface area contributed by atoms with Crippen LogP contribution in [0.25, 0.3) is 11.0 Å². The quantitative estimate of drug-likeness (QED) is 0.580. The molecular formula is C17H28N6OS. The second kappa shape index (κ2) is 8.03. The first-order valence-corrected chi connectivity index (χ1v) is 9.62. The molecule has 2 rings (SSSR count). The number of rotatable bonds is 7. The molecular weight excluding hydrogens is 336 g/mol. The number of fused-ring (bicyclic) bond motifs is 1. The van der Waals surface area contributed by atoms with Crippen LogP contribution in [0.15, 0.2) is 11.4 Å². The van der Waals surface area contributed by atoms with Crippen molar-refractivity contribution in [3.05, 3.63) is 6.20 Å². The Hall–Kier alpha value is -1.83. The lowest BCUT2D eigenvalue weighted by Crippen LogP contribution is -2.36. The van der Waals surface area contributed by atoms with E-state index in [0.717, 1.165) is 27.8 Å². The van der Waals surface area contributed by atoms with Gasteiger partial charge in [-0.05, 0) is 19.6 Å². The van der Waals surface area contributed by atoms with Gasteiger partial charge in [-0.3, -0.25) is 4.79 Å². The molecule has 0 fully saturated rings. The fourth-order valence-electron chi connectivity index (χ4n) is 2.22. The highest BCUT2D eigenvalue weighted by atomic mass is 32.2. The molecule has 0 saturated carbocycles. The van der Waals surface area contributed by atoms with E-state index in [4.69, 9.17) is 0 Å². The van der Waals surface area contributed by atoms with E-state index >= 15 is 0 Å². The molecule has 0 saturated heterocycles. The van der Waals surface area contributed by atoms with Crippen molar-refractivity contribution in [3.8, 4) is 0 Å². The van der Waals surface area contributed by atoms with Gasteiger partial charge in [0, 0.05) is 18.0 Å². The number of anilines is 1. The Balaban J connectivity index is 2.23. The Morgan fingerprint density at radius 3 is 2.64 bits per heavy atom. The lowest BCUT2D eigenvalue weighted by Gasteiger charge is -2.17. The van der Waals surface area contributed by atoms with Crippen molar-refractivity contribution >= 4 is 34.5 Å². The summed E-state index contributed by atoms with van der Waals surface area (Å²) in [4.78, 5) is 21.2. The first-order chi connectivity index (χ1) is 11.7. The number of nitrogens with zero attached hydrogens (tertiary/aromatic N) is 4. The topological polar surface area (TPSA) is 84.7 Å². The fraction of sp³-hybridized carbons (Fsp3) is 0.647. The molecule has 0 unspecified atom stereocenters. The Kier molecular flexibility index (Phi) is 6.26. The number of nitrogens with one attached hydrogen (secondary N) is 2. The summed E-state index contributed by atoms with van der Waals surface area (Å²) in [7, 11) is 0. The van der Waals surface area contributed by atoms with E-state index in [1.807, 2.05) is 25.5 Å². The number of hydrogen-bond donors (Lipinski definition) is 2. The predicted molar refractivity (Wildman–Crippen MR) is 103 cm³/mol. The van der Waals surface area contributed by atoms with E-state index in [2.05, 4.69) is 46.5 Å². The van der Waals surface area contributed by atoms with Crippen molar-refractivity contribution in [2.75, 3.05) is 17.6 Å². The van der Waals surface area contributed by atoms with Crippen LogP contribution >= 0.6 is 11.8 Å². The van der Waals surface area contributed by atoms with Gasteiger partial charge in [-0.15, -0.1) is 0 Å². The molecule has 0 aliphatic heterocycles. The summed E-state index contributed by atoms with van der Waals surface area (Å²) in [5.74, 6) is 1.74. The van der Waals surface area contributed by atoms with Gasteiger partial charge in [0.1, 0.15) is 5.82 Å². The van der Waals surface area contributed by atoms with Crippen LogP contribution in [0.2, 0.25) is 0 Å². The smallest absolute Gasteiger partial charge is 0.225 e. The van der Waals surface area contributed by atoms with E-state index in [1.165, 1.54) is 0 Å². The number of hydrogen-bond acceptors (Lipinski definition) is 6. The molecule has 2 heterocycles. The molecule has 138 valence electrons. The third kappa shape index (κ3) is 5.07. The highest BCUT2D eigenvalue weighted by molar-refractivity contribution is 7.99. The minimum Gasteiger partial charge on any atom is -0.367 e. The second-order valence-electron chi connectivity index (χ2n) is 7.20. The summed E-state index contributed by atoms with van der Waals surface area (Å²) in [6.07, 6.45) is 1.78. The molecule has 2 aromatic rings. The minimum atomic E-state index is -0.395. The molecule has 0 radical (unpaired) electrons. The zero-order chi connectivity index (χ0) is 18.6. The van der Waals surface area contributed by atoms with Gasteiger partial charge in [0.05, 0.1) is 18.1 Å². The van der Waals surface area contributed by atoms with Gasteiger partial charge in [0.25, 0.3) is 0 Å². The van der Waals surface area contributed by atoms with E-state index in [0.29, 0.717) is 13.1 Å². The van der Waals surface area contributed by atoms with Crippen LogP contribution in [-0.2, 0) is 11.3 Å². The molecule has 0 aliphatic rings. The molecule has 0 atom stereocenters. The average molecular weight is 365 g/mol. The standard InChI is InChI=1S/C17H28N6OS/c1-7-25-16-21-13(20-11(2)3)12-10-19-23(14(12)22-16)9-8-18-15(24)17(4,5)6/h10-11H,7-9H2,1-6H3,(H,18,24)(H,20,21,22). The Morgan fingerprint density at radius 1 is 1.32 bits per heavy atom. The number of amides is 1. The maximum absolute atomic E-state index is 12.0. The van der Waals surface area contributed by atoms with E-state index in [1.54, 1.807) is 18.0 Å². The van der Waals surface area contributed by atoms with Crippen LogP contribution < -0.4 is 10.6 Å². The third-order valence-electron chi connectivity index (χ3n) is 3.46. The Bertz CT molecular complexity index is 735. The molecule has 25 heavy (non-hydrogen) atoms. The number of carbonyl (C=O) groups is 1. The van der Waals surface area contributed by atoms with Crippen LogP contribution in [-0.4, -0.2) is 44.0 Å². The number of aromatic nitrogens is 4. The minimum absolute atomic E-state index is 0.0305. The zero-order valence-electron chi connectivity index (χ0n) is 15.9. The second-order valence-corrected chi connectivity index (χ2v) is 8.43. The van der Waals surface area contributed by atoms with Gasteiger partial charge >= 0.3 is 0 Å². The van der Waals surface area contributed by atoms with Crippen LogP contribution in [0.5, 0.6) is 0 Å². The Morgan fingerprint density at radius 2 is 2.04 bits per heavy atom. The lowest BCUT2D eigenvalue weighted by molar-refractivity contribution is -0.128. The van der Waals surface area contributed by atoms with Gasteiger partial charge in [-0.1, -0.05) is 39.5 Å². The molecule has 7 nitrogen and oxygen atoms in total. The van der Waals surface area contributed by atoms with Crippen molar-refractivity contribution in [2.45, 2.75) is 59.3 Å². The normalized spacial score (nSPS) is 12.0. The van der Waals surface area contributed by atoms with E-state index in [9.17, 15) is 4.79 Å². The summed E-state index contributed by atoms with van der Waals surface area (Å²) in [6, 6.07) is 0.270. The van der Waals surface area contributed by atoms with Crippen LogP contribution in [0.3, 0.4) is 0 Å². The Labute approximate surface area is 153 Å². The maximum Gasteiger partial charge on any atom is 0.225 e. The molecule has 8 heteroatoms. The third-order valence-corrected chi connectivity index (χ3v) is 4.19. The number of carbonyl (C=O) groups excluding carboxylic acids is 1. The predicted octanol–water partition coefficient (Wildman–Crippen LogP) is 2.92. The summed E-state index contributed by atoms with van der Waals surface area (Å²) in [6.45, 7) is 13.0. The van der Waals surface area contributed by atoms with Gasteiger partial charge in [-0.2, -0.15) is 5.10 Å². The fourth-order valence-corrected chi connectivity index (χ4v) is 2.78. The molecule has 0 aliphatic carbocycles. The lowest BCUT2D eigenvalue weighted by atomic mass is 9.96. The van der Waals surface area contributed by atoms with E-state index in [-0.39, 0.29) is 11.9 Å². The van der Waals surface area contributed by atoms with Crippen LogP contribution in [0.4, 0.5) is 5.82 Å². The molecule has 2 aromatic heterocycles. The SMILES string of the molecule is CCSc1nc(NC(C)C)c2cnn(CCNC(=O)C(C)(C)C)c2n1. The summed E-state index contributed by atoms with van der Waals surface area (Å²) < 4.78 is 1.82. The van der Waals surface area contributed by atoms with Crippen molar-refractivity contribution in [2.24, 2.45) is 5.41 Å². The molecule has 0 aromatic carbocycles. The van der Waals surface area contributed by atoms with Crippen LogP contribution in [0.1, 0.15) is 41.5 Å². The first kappa shape index (κ1) is 19.5. The zero-order valence-corrected chi connectivity index (χ0v) is 16.7. The highest BCUT2D eigenvalue weighted by Crippen LogP contribution is 2.24. The van der Waals surface area contributed by atoms with Crippen molar-refractivity contribution < 1.29 is 4.79 Å². The molecule has 0 spiro atoms. The first-order valence-electron chi connectivity index (χ1n) is 8.63. The van der Waals surface area contributed by atoms with Crippen molar-refractivity contribution in [1.82, 2.24) is 25.1 Å².